The minimum Gasteiger partial charge on any atom is -0.355 e. The fourth-order valence-electron chi connectivity index (χ4n) is 3.18. The molecule has 5 aromatic rings. The lowest BCUT2D eigenvalue weighted by Gasteiger charge is -2.10. The Kier molecular flexibility index (Phi) is 4.29. The minimum absolute atomic E-state index is 0.184. The van der Waals surface area contributed by atoms with Crippen molar-refractivity contribution in [3.8, 4) is 11.8 Å². The molecule has 0 saturated carbocycles. The molecule has 0 unspecified atom stereocenters. The highest BCUT2D eigenvalue weighted by atomic mass is 16.5. The number of aryl methyl sites for hydroxylation is 1. The lowest BCUT2D eigenvalue weighted by Crippen LogP contribution is -2.13. The van der Waals surface area contributed by atoms with E-state index in [1.165, 1.54) is 6.33 Å². The number of hydrogen-bond acceptors (Lipinski definition) is 8. The first-order valence-corrected chi connectivity index (χ1v) is 9.76. The second-order valence-electron chi connectivity index (χ2n) is 8.29. The van der Waals surface area contributed by atoms with Crippen molar-refractivity contribution in [3.05, 3.63) is 65.1 Å². The van der Waals surface area contributed by atoms with E-state index in [2.05, 4.69) is 42.2 Å². The van der Waals surface area contributed by atoms with Gasteiger partial charge in [-0.1, -0.05) is 49.0 Å². The zero-order valence-corrected chi connectivity index (χ0v) is 17.5. The maximum Gasteiger partial charge on any atom is 0.232 e. The predicted molar refractivity (Wildman–Crippen MR) is 111 cm³/mol. The molecule has 1 aromatic carbocycles. The van der Waals surface area contributed by atoms with Gasteiger partial charge in [0.2, 0.25) is 5.89 Å². The highest BCUT2D eigenvalue weighted by molar-refractivity contribution is 5.86. The molecule has 31 heavy (non-hydrogen) atoms. The van der Waals surface area contributed by atoms with Gasteiger partial charge in [0, 0.05) is 10.8 Å². The topological polar surface area (TPSA) is 108 Å². The summed E-state index contributed by atoms with van der Waals surface area (Å²) in [5.41, 5.74) is 4.29. The van der Waals surface area contributed by atoms with E-state index < -0.39 is 0 Å². The summed E-state index contributed by atoms with van der Waals surface area (Å²) in [4.78, 5) is 12.7. The zero-order chi connectivity index (χ0) is 21.6. The van der Waals surface area contributed by atoms with Gasteiger partial charge < -0.3 is 9.05 Å². The van der Waals surface area contributed by atoms with Crippen molar-refractivity contribution in [1.29, 1.82) is 0 Å². The van der Waals surface area contributed by atoms with Gasteiger partial charge in [0.05, 0.1) is 23.7 Å². The van der Waals surface area contributed by atoms with Crippen LogP contribution in [0.3, 0.4) is 0 Å². The van der Waals surface area contributed by atoms with E-state index in [0.29, 0.717) is 34.9 Å². The molecule has 4 aromatic heterocycles. The van der Waals surface area contributed by atoms with E-state index in [1.807, 2.05) is 39.8 Å². The largest absolute Gasteiger partial charge is 0.355 e. The zero-order valence-electron chi connectivity index (χ0n) is 17.5. The van der Waals surface area contributed by atoms with Crippen LogP contribution >= 0.6 is 0 Å². The molecular formula is C22H19N7O2. The number of nitrogens with zero attached hydrogens (tertiary/aromatic N) is 7. The maximum absolute atomic E-state index is 5.68. The number of hydrogen-bond donors (Lipinski definition) is 0. The van der Waals surface area contributed by atoms with Gasteiger partial charge in [0.25, 0.3) is 0 Å². The third kappa shape index (κ3) is 3.42. The Morgan fingerprint density at radius 3 is 2.77 bits per heavy atom. The molecule has 0 amide bonds. The minimum atomic E-state index is -0.184. The fourth-order valence-corrected chi connectivity index (χ4v) is 3.18. The van der Waals surface area contributed by atoms with Gasteiger partial charge in [-0.25, -0.2) is 14.5 Å². The highest BCUT2D eigenvalue weighted by Gasteiger charge is 2.22. The molecular weight excluding hydrogens is 394 g/mol. The van der Waals surface area contributed by atoms with Gasteiger partial charge in [0.1, 0.15) is 18.3 Å². The third-order valence-corrected chi connectivity index (χ3v) is 4.90. The van der Waals surface area contributed by atoms with Crippen LogP contribution in [0.25, 0.3) is 16.6 Å². The standard InChI is InChI=1S/C22H19N7O2/c1-13-5-7-16-17(9-18-26-21(28-30-18)22(2,3)4)27-31-19(16)15(13)8-6-14-10-25-29-12-23-11-24-20(14)29/h5,7,10-12H,9H2,1-4H3. The van der Waals surface area contributed by atoms with Gasteiger partial charge in [-0.05, 0) is 18.6 Å². The van der Waals surface area contributed by atoms with E-state index in [-0.39, 0.29) is 5.41 Å². The first-order chi connectivity index (χ1) is 14.9. The number of benzene rings is 1. The van der Waals surface area contributed by atoms with Crippen molar-refractivity contribution in [2.45, 2.75) is 39.5 Å². The number of fused-ring (bicyclic) bond motifs is 2. The second kappa shape index (κ2) is 7.02. The molecule has 0 atom stereocenters. The van der Waals surface area contributed by atoms with Crippen LogP contribution in [-0.4, -0.2) is 34.9 Å². The molecule has 9 heteroatoms. The average molecular weight is 413 g/mol. The molecule has 0 aliphatic carbocycles. The fraction of sp³-hybridized carbons (Fsp3) is 0.273. The summed E-state index contributed by atoms with van der Waals surface area (Å²) in [6.07, 6.45) is 5.11. The van der Waals surface area contributed by atoms with Gasteiger partial charge in [0.15, 0.2) is 17.1 Å². The van der Waals surface area contributed by atoms with Crippen molar-refractivity contribution in [3.63, 3.8) is 0 Å². The molecule has 0 saturated heterocycles. The Hall–Kier alpha value is -4.06. The van der Waals surface area contributed by atoms with Crippen LogP contribution < -0.4 is 0 Å². The lowest BCUT2D eigenvalue weighted by molar-refractivity contribution is 0.365. The van der Waals surface area contributed by atoms with Gasteiger partial charge in [-0.2, -0.15) is 10.1 Å². The molecule has 5 rings (SSSR count). The molecule has 9 nitrogen and oxygen atoms in total. The Bertz CT molecular complexity index is 1470. The van der Waals surface area contributed by atoms with E-state index >= 15 is 0 Å². The van der Waals surface area contributed by atoms with Crippen molar-refractivity contribution in [2.75, 3.05) is 0 Å². The van der Waals surface area contributed by atoms with Crippen LogP contribution in [0.5, 0.6) is 0 Å². The van der Waals surface area contributed by atoms with E-state index in [4.69, 9.17) is 9.05 Å². The predicted octanol–water partition coefficient (Wildman–Crippen LogP) is 3.25. The molecule has 0 spiro atoms. The van der Waals surface area contributed by atoms with E-state index in [0.717, 1.165) is 22.2 Å². The monoisotopic (exact) mass is 413 g/mol. The van der Waals surface area contributed by atoms with Crippen LogP contribution in [0, 0.1) is 18.8 Å². The molecule has 0 aliphatic heterocycles. The Morgan fingerprint density at radius 2 is 1.97 bits per heavy atom. The summed E-state index contributed by atoms with van der Waals surface area (Å²) >= 11 is 0. The van der Waals surface area contributed by atoms with Crippen LogP contribution in [0.2, 0.25) is 0 Å². The Morgan fingerprint density at radius 1 is 1.10 bits per heavy atom. The Labute approximate surface area is 177 Å². The van der Waals surface area contributed by atoms with Crippen LogP contribution in [0.4, 0.5) is 0 Å². The first-order valence-electron chi connectivity index (χ1n) is 9.76. The third-order valence-electron chi connectivity index (χ3n) is 4.90. The summed E-state index contributed by atoms with van der Waals surface area (Å²) in [7, 11) is 0. The molecule has 154 valence electrons. The summed E-state index contributed by atoms with van der Waals surface area (Å²) < 4.78 is 12.7. The average Bonchev–Trinajstić information content (AvgIpc) is 3.46. The summed E-state index contributed by atoms with van der Waals surface area (Å²) in [6.45, 7) is 8.10. The summed E-state index contributed by atoms with van der Waals surface area (Å²) in [5, 5.41) is 13.4. The smallest absolute Gasteiger partial charge is 0.232 e. The van der Waals surface area contributed by atoms with E-state index in [1.54, 1.807) is 17.0 Å². The molecule has 0 bridgehead atoms. The maximum atomic E-state index is 5.68. The van der Waals surface area contributed by atoms with Gasteiger partial charge in [-0.3, -0.25) is 0 Å². The highest BCUT2D eigenvalue weighted by Crippen LogP contribution is 2.27. The number of aromatic nitrogens is 7. The molecule has 0 fully saturated rings. The molecule has 4 heterocycles. The van der Waals surface area contributed by atoms with Crippen molar-refractivity contribution in [1.82, 2.24) is 34.9 Å². The van der Waals surface area contributed by atoms with Crippen molar-refractivity contribution >= 4 is 16.6 Å². The normalized spacial score (nSPS) is 11.7. The quantitative estimate of drug-likeness (QED) is 0.406. The molecule has 0 radical (unpaired) electrons. The van der Waals surface area contributed by atoms with Crippen molar-refractivity contribution < 1.29 is 9.05 Å². The van der Waals surface area contributed by atoms with Crippen LogP contribution in [0.1, 0.15) is 54.9 Å². The Balaban J connectivity index is 1.52. The summed E-state index contributed by atoms with van der Waals surface area (Å²) in [5.74, 6) is 7.51. The van der Waals surface area contributed by atoms with Crippen LogP contribution in [0.15, 0.2) is 40.0 Å². The number of rotatable bonds is 2. The van der Waals surface area contributed by atoms with E-state index in [9.17, 15) is 0 Å². The van der Waals surface area contributed by atoms with Gasteiger partial charge in [-0.15, -0.1) is 0 Å². The SMILES string of the molecule is Cc1ccc2c(Cc3nc(C(C)(C)C)no3)noc2c1C#Cc1cnn2cncnc12. The second-order valence-corrected chi connectivity index (χ2v) is 8.29. The summed E-state index contributed by atoms with van der Waals surface area (Å²) in [6, 6.07) is 3.98. The molecule has 0 aliphatic rings. The molecule has 0 N–H and O–H groups in total. The first kappa shape index (κ1) is 18.9. The van der Waals surface area contributed by atoms with Gasteiger partial charge >= 0.3 is 0 Å². The lowest BCUT2D eigenvalue weighted by atomic mass is 9.96. The van der Waals surface area contributed by atoms with Crippen LogP contribution in [-0.2, 0) is 11.8 Å². The van der Waals surface area contributed by atoms with Crippen molar-refractivity contribution in [2.24, 2.45) is 0 Å².